The third-order valence-electron chi connectivity index (χ3n) is 7.31. The zero-order valence-corrected chi connectivity index (χ0v) is 23.4. The minimum atomic E-state index is -1.85. The Morgan fingerprint density at radius 2 is 1.88 bits per heavy atom. The van der Waals surface area contributed by atoms with Crippen molar-refractivity contribution in [2.75, 3.05) is 10.6 Å². The fourth-order valence-electron chi connectivity index (χ4n) is 4.98. The molecule has 5 aromatic rings. The third-order valence-corrected chi connectivity index (χ3v) is 7.60. The summed E-state index contributed by atoms with van der Waals surface area (Å²) >= 11 is 6.70. The SMILES string of the molecule is [2H]C(Nc1cc(Cl)c2ncc(C#N)c(N[C@H](CC)c3ccccc3)c2c1F)(c1cccc(C#N)c1)c1cn(C2CC2)nn1. The molecule has 10 heteroatoms. The van der Waals surface area contributed by atoms with Crippen LogP contribution in [0.25, 0.3) is 10.9 Å². The van der Waals surface area contributed by atoms with Crippen LogP contribution in [-0.4, -0.2) is 20.0 Å². The molecular weight excluding hydrogens is 551 g/mol. The van der Waals surface area contributed by atoms with Crippen molar-refractivity contribution in [1.82, 2.24) is 20.0 Å². The summed E-state index contributed by atoms with van der Waals surface area (Å²) in [5.41, 5.74) is 2.39. The largest absolute Gasteiger partial charge is 0.376 e. The van der Waals surface area contributed by atoms with E-state index in [0.29, 0.717) is 17.5 Å². The van der Waals surface area contributed by atoms with Gasteiger partial charge in [-0.25, -0.2) is 9.07 Å². The summed E-state index contributed by atoms with van der Waals surface area (Å²) in [6, 6.07) is 19.9. The quantitative estimate of drug-likeness (QED) is 0.187. The lowest BCUT2D eigenvalue weighted by atomic mass is 10.00. The second kappa shape index (κ2) is 11.5. The standard InChI is InChI=1S/C32H26ClFN8/c1-2-25(20-8-4-3-5-9-20)38-31-22(16-36)17-37-32-24(33)14-26(29(34)28(31)32)39-30(21-10-6-7-19(13-21)15-35)27-18-42(41-40-27)23-11-12-23/h3-10,13-14,17-18,23,25,30,39H,2,11-12H2,1H3,(H,37,38)/t25-,30?/m1/s1/i30D. The minimum absolute atomic E-state index is 0.0261. The van der Waals surface area contributed by atoms with Crippen LogP contribution < -0.4 is 10.6 Å². The van der Waals surface area contributed by atoms with Gasteiger partial charge in [-0.3, -0.25) is 4.98 Å². The topological polar surface area (TPSA) is 115 Å². The second-order valence-corrected chi connectivity index (χ2v) is 10.5. The van der Waals surface area contributed by atoms with Gasteiger partial charge in [-0.15, -0.1) is 5.10 Å². The molecule has 208 valence electrons. The first kappa shape index (κ1) is 25.9. The summed E-state index contributed by atoms with van der Waals surface area (Å²) in [6.45, 7) is 2.00. The molecule has 0 aliphatic heterocycles. The lowest BCUT2D eigenvalue weighted by Gasteiger charge is -2.23. The number of nitriles is 2. The molecule has 42 heavy (non-hydrogen) atoms. The molecule has 0 radical (unpaired) electrons. The van der Waals surface area contributed by atoms with Crippen LogP contribution in [0.4, 0.5) is 15.8 Å². The van der Waals surface area contributed by atoms with Crippen LogP contribution in [0, 0.1) is 28.5 Å². The van der Waals surface area contributed by atoms with Crippen LogP contribution in [0.3, 0.4) is 0 Å². The van der Waals surface area contributed by atoms with Gasteiger partial charge in [0.15, 0.2) is 5.82 Å². The van der Waals surface area contributed by atoms with Crippen molar-refractivity contribution in [3.8, 4) is 12.1 Å². The summed E-state index contributed by atoms with van der Waals surface area (Å²) in [6.07, 6.45) is 5.63. The van der Waals surface area contributed by atoms with Gasteiger partial charge in [0, 0.05) is 6.20 Å². The van der Waals surface area contributed by atoms with E-state index in [4.69, 9.17) is 11.6 Å². The van der Waals surface area contributed by atoms with Gasteiger partial charge in [0.05, 0.1) is 70.2 Å². The third kappa shape index (κ3) is 5.23. The Balaban J connectivity index is 1.51. The number of nitrogens with one attached hydrogen (secondary N) is 2. The van der Waals surface area contributed by atoms with E-state index in [9.17, 15) is 11.9 Å². The van der Waals surface area contributed by atoms with Crippen molar-refractivity contribution < 1.29 is 5.76 Å². The molecule has 1 unspecified atom stereocenters. The molecule has 0 bridgehead atoms. The highest BCUT2D eigenvalue weighted by Crippen LogP contribution is 2.40. The molecule has 1 aliphatic rings. The van der Waals surface area contributed by atoms with E-state index in [1.807, 2.05) is 37.3 Å². The zero-order valence-electron chi connectivity index (χ0n) is 23.6. The lowest BCUT2D eigenvalue weighted by molar-refractivity contribution is 0.610. The van der Waals surface area contributed by atoms with Gasteiger partial charge in [-0.1, -0.05) is 66.2 Å². The minimum Gasteiger partial charge on any atom is -0.376 e. The first-order chi connectivity index (χ1) is 20.9. The Morgan fingerprint density at radius 1 is 1.10 bits per heavy atom. The Morgan fingerprint density at radius 3 is 2.60 bits per heavy atom. The number of rotatable bonds is 9. The fraction of sp³-hybridized carbons (Fsp3) is 0.219. The Labute approximate surface area is 248 Å². The van der Waals surface area contributed by atoms with Gasteiger partial charge in [-0.2, -0.15) is 10.5 Å². The number of nitrogens with zero attached hydrogens (tertiary/aromatic N) is 6. The molecule has 1 fully saturated rings. The summed E-state index contributed by atoms with van der Waals surface area (Å²) in [4.78, 5) is 4.31. The van der Waals surface area contributed by atoms with E-state index in [2.05, 4.69) is 38.1 Å². The van der Waals surface area contributed by atoms with Crippen molar-refractivity contribution in [2.24, 2.45) is 0 Å². The first-order valence-electron chi connectivity index (χ1n) is 14.1. The number of fused-ring (bicyclic) bond motifs is 1. The number of benzene rings is 3. The molecule has 2 N–H and O–H groups in total. The van der Waals surface area contributed by atoms with Crippen LogP contribution >= 0.6 is 11.6 Å². The van der Waals surface area contributed by atoms with Crippen LogP contribution in [-0.2, 0) is 0 Å². The maximum atomic E-state index is 16.7. The summed E-state index contributed by atoms with van der Waals surface area (Å²) in [5.74, 6) is -0.739. The number of hydrogen-bond donors (Lipinski definition) is 2. The average molecular weight is 578 g/mol. The fourth-order valence-corrected chi connectivity index (χ4v) is 5.23. The van der Waals surface area contributed by atoms with E-state index in [1.165, 1.54) is 12.3 Å². The highest BCUT2D eigenvalue weighted by Gasteiger charge is 2.28. The van der Waals surface area contributed by atoms with E-state index < -0.39 is 11.8 Å². The van der Waals surface area contributed by atoms with Crippen molar-refractivity contribution >= 4 is 33.9 Å². The van der Waals surface area contributed by atoms with E-state index >= 15 is 4.39 Å². The van der Waals surface area contributed by atoms with Gasteiger partial charge >= 0.3 is 0 Å². The molecule has 2 atom stereocenters. The molecule has 3 aromatic carbocycles. The molecule has 8 nitrogen and oxygen atoms in total. The Hall–Kier alpha value is -4.99. The number of aromatic nitrogens is 4. The number of anilines is 2. The van der Waals surface area contributed by atoms with E-state index in [1.54, 1.807) is 35.1 Å². The molecule has 2 aromatic heterocycles. The molecule has 1 aliphatic carbocycles. The van der Waals surface area contributed by atoms with Crippen molar-refractivity contribution in [2.45, 2.75) is 44.3 Å². The van der Waals surface area contributed by atoms with Gasteiger partial charge in [0.1, 0.15) is 11.8 Å². The van der Waals surface area contributed by atoms with Crippen molar-refractivity contribution in [1.29, 1.82) is 10.5 Å². The maximum absolute atomic E-state index is 16.7. The van der Waals surface area contributed by atoms with Crippen molar-refractivity contribution in [3.63, 3.8) is 0 Å². The molecule has 0 saturated heterocycles. The van der Waals surface area contributed by atoms with Crippen LogP contribution in [0.1, 0.15) is 73.6 Å². The zero-order chi connectivity index (χ0) is 30.1. The highest BCUT2D eigenvalue weighted by atomic mass is 35.5. The number of hydrogen-bond acceptors (Lipinski definition) is 7. The molecular formula is C32H26ClFN8. The van der Waals surface area contributed by atoms with E-state index in [0.717, 1.165) is 18.4 Å². The Bertz CT molecular complexity index is 1910. The van der Waals surface area contributed by atoms with Crippen LogP contribution in [0.5, 0.6) is 0 Å². The highest BCUT2D eigenvalue weighted by molar-refractivity contribution is 6.36. The monoisotopic (exact) mass is 577 g/mol. The van der Waals surface area contributed by atoms with Crippen LogP contribution in [0.15, 0.2) is 73.1 Å². The van der Waals surface area contributed by atoms with Crippen LogP contribution in [0.2, 0.25) is 5.02 Å². The molecule has 6 rings (SSSR count). The summed E-state index contributed by atoms with van der Waals surface area (Å²) in [7, 11) is 0. The van der Waals surface area contributed by atoms with Crippen molar-refractivity contribution in [3.05, 3.63) is 112 Å². The maximum Gasteiger partial charge on any atom is 0.157 e. The predicted octanol–water partition coefficient (Wildman–Crippen LogP) is 7.46. The number of halogens is 2. The van der Waals surface area contributed by atoms with Gasteiger partial charge < -0.3 is 10.6 Å². The summed E-state index contributed by atoms with van der Waals surface area (Å²) in [5, 5.41) is 34.6. The predicted molar refractivity (Wildman–Crippen MR) is 159 cm³/mol. The van der Waals surface area contributed by atoms with Gasteiger partial charge in [0.2, 0.25) is 0 Å². The number of pyridine rings is 1. The smallest absolute Gasteiger partial charge is 0.157 e. The second-order valence-electron chi connectivity index (χ2n) is 10.1. The van der Waals surface area contributed by atoms with E-state index in [-0.39, 0.29) is 50.6 Å². The molecule has 0 spiro atoms. The van der Waals surface area contributed by atoms with Gasteiger partial charge in [0.25, 0.3) is 0 Å². The average Bonchev–Trinajstić information content (AvgIpc) is 3.77. The molecule has 2 heterocycles. The molecule has 1 saturated carbocycles. The summed E-state index contributed by atoms with van der Waals surface area (Å²) < 4.78 is 28.1. The first-order valence-corrected chi connectivity index (χ1v) is 14.0. The Kier molecular flexibility index (Phi) is 7.09. The lowest BCUT2D eigenvalue weighted by Crippen LogP contribution is -2.15. The van der Waals surface area contributed by atoms with Gasteiger partial charge in [-0.05, 0) is 48.6 Å². The normalized spacial score (nSPS) is 15.2. The molecule has 0 amide bonds.